The summed E-state index contributed by atoms with van der Waals surface area (Å²) in [5, 5.41) is 8.47. The van der Waals surface area contributed by atoms with E-state index in [2.05, 4.69) is 36.7 Å². The van der Waals surface area contributed by atoms with Crippen molar-refractivity contribution >= 4 is 33.8 Å². The lowest BCUT2D eigenvalue weighted by Crippen LogP contribution is -1.88. The predicted molar refractivity (Wildman–Crippen MR) is 125 cm³/mol. The molecule has 5 aromatic rings. The van der Waals surface area contributed by atoms with Crippen LogP contribution in [0.2, 0.25) is 0 Å². The number of para-hydroxylation sites is 1. The van der Waals surface area contributed by atoms with Gasteiger partial charge in [-0.25, -0.2) is 4.98 Å². The molecular weight excluding hydrogens is 386 g/mol. The van der Waals surface area contributed by atoms with Crippen molar-refractivity contribution in [2.24, 2.45) is 4.99 Å². The lowest BCUT2D eigenvalue weighted by Gasteiger charge is -2.01. The Labute approximate surface area is 178 Å². The summed E-state index contributed by atoms with van der Waals surface area (Å²) in [4.78, 5) is 21.4. The van der Waals surface area contributed by atoms with E-state index in [9.17, 15) is 0 Å². The third kappa shape index (κ3) is 3.32. The molecule has 0 aliphatic carbocycles. The van der Waals surface area contributed by atoms with E-state index >= 15 is 0 Å². The lowest BCUT2D eigenvalue weighted by molar-refractivity contribution is 1.10. The maximum Gasteiger partial charge on any atom is 0.159 e. The van der Waals surface area contributed by atoms with E-state index in [1.54, 1.807) is 24.7 Å². The van der Waals surface area contributed by atoms with Crippen LogP contribution in [-0.4, -0.2) is 36.3 Å². The largest absolute Gasteiger partial charge is 0.337 e. The zero-order chi connectivity index (χ0) is 21.2. The van der Waals surface area contributed by atoms with E-state index in [4.69, 9.17) is 4.98 Å². The van der Waals surface area contributed by atoms with Gasteiger partial charge in [0, 0.05) is 35.1 Å². The van der Waals surface area contributed by atoms with Gasteiger partial charge in [-0.1, -0.05) is 36.9 Å². The Bertz CT molecular complexity index is 1460. The van der Waals surface area contributed by atoms with Gasteiger partial charge in [-0.05, 0) is 25.1 Å². The van der Waals surface area contributed by atoms with Gasteiger partial charge >= 0.3 is 0 Å². The van der Waals surface area contributed by atoms with Crippen LogP contribution in [0.4, 0.5) is 0 Å². The van der Waals surface area contributed by atoms with Crippen molar-refractivity contribution in [3.63, 3.8) is 0 Å². The first-order valence-corrected chi connectivity index (χ1v) is 9.84. The molecule has 0 unspecified atom stereocenters. The fourth-order valence-electron chi connectivity index (χ4n) is 3.56. The van der Waals surface area contributed by atoms with Crippen LogP contribution >= 0.6 is 0 Å². The molecule has 0 bridgehead atoms. The van der Waals surface area contributed by atoms with Crippen molar-refractivity contribution in [3.05, 3.63) is 79.4 Å². The van der Waals surface area contributed by atoms with Crippen molar-refractivity contribution in [3.8, 4) is 22.6 Å². The number of nitrogens with one attached hydrogen (secondary N) is 2. The molecule has 2 N–H and O–H groups in total. The molecule has 0 aliphatic heterocycles. The second kappa shape index (κ2) is 7.79. The van der Waals surface area contributed by atoms with Gasteiger partial charge in [0.15, 0.2) is 5.82 Å². The fourth-order valence-corrected chi connectivity index (χ4v) is 3.56. The Hall–Kier alpha value is -4.39. The number of hydrogen-bond acceptors (Lipinski definition) is 5. The highest BCUT2D eigenvalue weighted by molar-refractivity contribution is 5.97. The molecule has 5 rings (SSSR count). The molecular formula is C24H19N7. The standard InChI is InChI=1S/C24H19N7/c1-3-10-26-18(4-2)20-12-17-21(14-27-20)30-31-23(17)24-28-19-9-5-8-16(22(19)29-24)15-7-6-11-25-13-15/h3-14H,1H2,2H3,(H,28,29)(H,30,31)/b18-4-,26-10?. The van der Waals surface area contributed by atoms with Gasteiger partial charge in [-0.3, -0.25) is 20.1 Å². The van der Waals surface area contributed by atoms with Crippen LogP contribution in [0.3, 0.4) is 0 Å². The minimum absolute atomic E-state index is 0.686. The zero-order valence-corrected chi connectivity index (χ0v) is 16.9. The molecule has 0 aliphatic rings. The Kier molecular flexibility index (Phi) is 4.68. The van der Waals surface area contributed by atoms with Crippen LogP contribution in [-0.2, 0) is 0 Å². The average Bonchev–Trinajstić information content (AvgIpc) is 3.43. The summed E-state index contributed by atoms with van der Waals surface area (Å²) in [6.07, 6.45) is 10.6. The molecule has 7 heteroatoms. The van der Waals surface area contributed by atoms with Crippen LogP contribution in [0.15, 0.2) is 78.7 Å². The minimum atomic E-state index is 0.686. The molecule has 0 saturated carbocycles. The third-order valence-electron chi connectivity index (χ3n) is 5.01. The predicted octanol–water partition coefficient (Wildman–Crippen LogP) is 5.18. The highest BCUT2D eigenvalue weighted by Crippen LogP contribution is 2.31. The number of fused-ring (bicyclic) bond motifs is 2. The number of nitrogens with zero attached hydrogens (tertiary/aromatic N) is 5. The number of rotatable bonds is 5. The quantitative estimate of drug-likeness (QED) is 0.394. The summed E-state index contributed by atoms with van der Waals surface area (Å²) in [7, 11) is 0. The first-order chi connectivity index (χ1) is 15.3. The third-order valence-corrected chi connectivity index (χ3v) is 5.01. The van der Waals surface area contributed by atoms with Crippen LogP contribution in [0.1, 0.15) is 12.6 Å². The number of aliphatic imine (C=N–C) groups is 1. The molecule has 4 aromatic heterocycles. The summed E-state index contributed by atoms with van der Waals surface area (Å²) >= 11 is 0. The van der Waals surface area contributed by atoms with E-state index in [-0.39, 0.29) is 0 Å². The molecule has 0 saturated heterocycles. The fraction of sp³-hybridized carbons (Fsp3) is 0.0417. The lowest BCUT2D eigenvalue weighted by atomic mass is 10.1. The van der Waals surface area contributed by atoms with E-state index in [0.29, 0.717) is 5.82 Å². The smallest absolute Gasteiger partial charge is 0.159 e. The maximum atomic E-state index is 4.88. The molecule has 0 amide bonds. The molecule has 31 heavy (non-hydrogen) atoms. The number of H-pyrrole nitrogens is 2. The van der Waals surface area contributed by atoms with Crippen molar-refractivity contribution in [2.75, 3.05) is 0 Å². The molecule has 7 nitrogen and oxygen atoms in total. The number of allylic oxidation sites excluding steroid dienone is 2. The number of hydrogen-bond donors (Lipinski definition) is 2. The Morgan fingerprint density at radius 3 is 2.87 bits per heavy atom. The van der Waals surface area contributed by atoms with E-state index in [1.807, 2.05) is 55.6 Å². The van der Waals surface area contributed by atoms with Gasteiger partial charge in [0.05, 0.1) is 34.1 Å². The second-order valence-corrected chi connectivity index (χ2v) is 6.90. The van der Waals surface area contributed by atoms with Crippen molar-refractivity contribution in [2.45, 2.75) is 6.92 Å². The zero-order valence-electron chi connectivity index (χ0n) is 16.9. The summed E-state index contributed by atoms with van der Waals surface area (Å²) < 4.78 is 0. The first-order valence-electron chi connectivity index (χ1n) is 9.84. The van der Waals surface area contributed by atoms with E-state index in [0.717, 1.165) is 50.1 Å². The summed E-state index contributed by atoms with van der Waals surface area (Å²) in [5.74, 6) is 0.686. The number of aromatic amines is 2. The minimum Gasteiger partial charge on any atom is -0.337 e. The summed E-state index contributed by atoms with van der Waals surface area (Å²) in [6, 6.07) is 12.0. The number of aromatic nitrogens is 6. The Morgan fingerprint density at radius 2 is 2.06 bits per heavy atom. The van der Waals surface area contributed by atoms with Crippen LogP contribution in [0.5, 0.6) is 0 Å². The number of benzene rings is 1. The summed E-state index contributed by atoms with van der Waals surface area (Å²) in [6.45, 7) is 5.61. The van der Waals surface area contributed by atoms with Crippen molar-refractivity contribution in [1.29, 1.82) is 0 Å². The molecule has 0 radical (unpaired) electrons. The van der Waals surface area contributed by atoms with Gasteiger partial charge < -0.3 is 4.98 Å². The molecule has 0 spiro atoms. The first kappa shape index (κ1) is 18.6. The number of imidazole rings is 1. The Balaban J connectivity index is 1.65. The highest BCUT2D eigenvalue weighted by atomic mass is 15.1. The van der Waals surface area contributed by atoms with Gasteiger partial charge in [0.2, 0.25) is 0 Å². The van der Waals surface area contributed by atoms with Crippen molar-refractivity contribution in [1.82, 2.24) is 30.1 Å². The van der Waals surface area contributed by atoms with Crippen LogP contribution in [0.25, 0.3) is 50.3 Å². The topological polar surface area (TPSA) is 95.5 Å². The molecule has 0 atom stereocenters. The monoisotopic (exact) mass is 405 g/mol. The molecule has 150 valence electrons. The molecule has 4 heterocycles. The number of pyridine rings is 2. The highest BCUT2D eigenvalue weighted by Gasteiger charge is 2.16. The maximum absolute atomic E-state index is 4.88. The van der Waals surface area contributed by atoms with E-state index < -0.39 is 0 Å². The van der Waals surface area contributed by atoms with E-state index in [1.165, 1.54) is 0 Å². The molecule has 0 fully saturated rings. The van der Waals surface area contributed by atoms with Gasteiger partial charge in [-0.15, -0.1) is 0 Å². The SMILES string of the molecule is C=CC=N/C(=C\C)c1cc2c(-c3nc4c(-c5cccnc5)cccc4[nH]3)n[nH]c2cn1. The van der Waals surface area contributed by atoms with Gasteiger partial charge in [0.1, 0.15) is 5.69 Å². The van der Waals surface area contributed by atoms with Crippen molar-refractivity contribution < 1.29 is 0 Å². The van der Waals surface area contributed by atoms with Crippen LogP contribution < -0.4 is 0 Å². The van der Waals surface area contributed by atoms with Crippen LogP contribution in [0, 0.1) is 0 Å². The van der Waals surface area contributed by atoms with Gasteiger partial charge in [-0.2, -0.15) is 5.10 Å². The Morgan fingerprint density at radius 1 is 1.13 bits per heavy atom. The van der Waals surface area contributed by atoms with Gasteiger partial charge in [0.25, 0.3) is 0 Å². The second-order valence-electron chi connectivity index (χ2n) is 6.90. The summed E-state index contributed by atoms with van der Waals surface area (Å²) in [5.41, 5.74) is 6.92. The molecule has 1 aromatic carbocycles. The normalized spacial score (nSPS) is 12.2. The average molecular weight is 405 g/mol.